The summed E-state index contributed by atoms with van der Waals surface area (Å²) in [5.74, 6) is 1.21. The molecule has 2 aliphatic carbocycles. The van der Waals surface area contributed by atoms with Crippen LogP contribution in [-0.4, -0.2) is 49.8 Å². The number of rotatable bonds is 12. The summed E-state index contributed by atoms with van der Waals surface area (Å²) in [4.78, 5) is 23.7. The second-order valence-corrected chi connectivity index (χ2v) is 9.56. The Morgan fingerprint density at radius 1 is 1.15 bits per heavy atom. The summed E-state index contributed by atoms with van der Waals surface area (Å²) in [6, 6.07) is 5.97. The molecule has 3 rings (SSSR count). The predicted octanol–water partition coefficient (Wildman–Crippen LogP) is 4.85. The first kappa shape index (κ1) is 26.3. The lowest BCUT2D eigenvalue weighted by Gasteiger charge is -2.32. The molecule has 0 spiro atoms. The molecule has 190 valence electrons. The molecule has 34 heavy (non-hydrogen) atoms. The second kappa shape index (κ2) is 13.0. The number of unbranched alkanes of at least 4 members (excludes halogenated alkanes) is 2. The van der Waals surface area contributed by atoms with Crippen LogP contribution in [0.2, 0.25) is 0 Å². The van der Waals surface area contributed by atoms with Gasteiger partial charge in [-0.1, -0.05) is 38.3 Å². The zero-order valence-corrected chi connectivity index (χ0v) is 20.8. The van der Waals surface area contributed by atoms with Crippen molar-refractivity contribution in [2.24, 2.45) is 17.8 Å². The van der Waals surface area contributed by atoms with Crippen molar-refractivity contribution >= 4 is 12.1 Å². The monoisotopic (exact) mass is 476 g/mol. The molecule has 0 bridgehead atoms. The van der Waals surface area contributed by atoms with Gasteiger partial charge in [0.25, 0.3) is 0 Å². The van der Waals surface area contributed by atoms with Gasteiger partial charge in [-0.05, 0) is 80.4 Å². The van der Waals surface area contributed by atoms with Crippen LogP contribution in [0.4, 0.5) is 4.79 Å². The fourth-order valence-corrected chi connectivity index (χ4v) is 5.68. The van der Waals surface area contributed by atoms with E-state index in [1.165, 1.54) is 12.7 Å². The van der Waals surface area contributed by atoms with Crippen molar-refractivity contribution in [1.82, 2.24) is 0 Å². The standard InChI is InChI=1S/C27H40O7/c1-4-6-7-10-20(28)12-13-21-22-14-18-9-8-11-24(33-17-26(29)31-3)23(18)15-19(22)16-25(21)34-27(30)32-5-2/h8-9,11,19-22,25,28H,4-7,10,12-17H2,1-3H3/t19-,20+,21+,22-,25+/m0/s1. The predicted molar refractivity (Wildman–Crippen MR) is 128 cm³/mol. The van der Waals surface area contributed by atoms with E-state index in [1.54, 1.807) is 6.92 Å². The zero-order chi connectivity index (χ0) is 24.5. The quantitative estimate of drug-likeness (QED) is 0.340. The third-order valence-electron chi connectivity index (χ3n) is 7.38. The largest absolute Gasteiger partial charge is 0.508 e. The molecule has 1 fully saturated rings. The molecule has 7 heteroatoms. The molecule has 0 saturated heterocycles. The van der Waals surface area contributed by atoms with Gasteiger partial charge in [-0.2, -0.15) is 0 Å². The topological polar surface area (TPSA) is 91.3 Å². The first-order valence-electron chi connectivity index (χ1n) is 12.8. The van der Waals surface area contributed by atoms with Gasteiger partial charge in [0.15, 0.2) is 6.61 Å². The summed E-state index contributed by atoms with van der Waals surface area (Å²) < 4.78 is 21.3. The van der Waals surface area contributed by atoms with Gasteiger partial charge in [-0.25, -0.2) is 9.59 Å². The normalized spacial score (nSPS) is 24.0. The molecule has 7 nitrogen and oxygen atoms in total. The Bertz CT molecular complexity index is 808. The van der Waals surface area contributed by atoms with E-state index >= 15 is 0 Å². The summed E-state index contributed by atoms with van der Waals surface area (Å²) in [5.41, 5.74) is 2.34. The SMILES string of the molecule is CCCCC[C@@H](O)CC[C@@H]1[C@H]2Cc3cccc(OCC(=O)OC)c3C[C@H]2C[C@H]1OC(=O)OCC. The number of ether oxygens (including phenoxy) is 4. The molecule has 1 aromatic rings. The van der Waals surface area contributed by atoms with E-state index in [9.17, 15) is 14.7 Å². The fourth-order valence-electron chi connectivity index (χ4n) is 5.68. The Hall–Kier alpha value is -2.28. The minimum absolute atomic E-state index is 0.117. The van der Waals surface area contributed by atoms with Crippen molar-refractivity contribution < 1.29 is 33.6 Å². The molecule has 0 aromatic heterocycles. The lowest BCUT2D eigenvalue weighted by molar-refractivity contribution is -0.142. The smallest absolute Gasteiger partial charge is 0.482 e. The Kier molecular flexibility index (Phi) is 10.1. The first-order chi connectivity index (χ1) is 16.5. The summed E-state index contributed by atoms with van der Waals surface area (Å²) in [6.45, 7) is 4.10. The average Bonchev–Trinajstić information content (AvgIpc) is 3.15. The van der Waals surface area contributed by atoms with Crippen LogP contribution < -0.4 is 4.74 Å². The lowest BCUT2D eigenvalue weighted by atomic mass is 9.73. The molecular weight excluding hydrogens is 436 g/mol. The fraction of sp³-hybridized carbons (Fsp3) is 0.704. The van der Waals surface area contributed by atoms with Crippen LogP contribution in [-0.2, 0) is 31.8 Å². The van der Waals surface area contributed by atoms with E-state index in [0.29, 0.717) is 11.8 Å². The van der Waals surface area contributed by atoms with E-state index in [1.807, 2.05) is 12.1 Å². The number of aliphatic hydroxyl groups is 1. The highest BCUT2D eigenvalue weighted by Crippen LogP contribution is 2.49. The van der Waals surface area contributed by atoms with Crippen LogP contribution in [0, 0.1) is 17.8 Å². The van der Waals surface area contributed by atoms with Gasteiger partial charge in [0.05, 0.1) is 19.8 Å². The van der Waals surface area contributed by atoms with Crippen LogP contribution in [0.5, 0.6) is 5.75 Å². The van der Waals surface area contributed by atoms with Gasteiger partial charge in [0.1, 0.15) is 11.9 Å². The highest BCUT2D eigenvalue weighted by molar-refractivity contribution is 5.71. The molecule has 2 aliphatic rings. The summed E-state index contributed by atoms with van der Waals surface area (Å²) in [5, 5.41) is 10.5. The van der Waals surface area contributed by atoms with Crippen molar-refractivity contribution in [2.75, 3.05) is 20.3 Å². The number of methoxy groups -OCH3 is 1. The molecular formula is C27H40O7. The average molecular weight is 477 g/mol. The number of benzene rings is 1. The summed E-state index contributed by atoms with van der Waals surface area (Å²) in [6.07, 6.45) is 6.99. The summed E-state index contributed by atoms with van der Waals surface area (Å²) >= 11 is 0. The van der Waals surface area contributed by atoms with Crippen LogP contribution in [0.25, 0.3) is 0 Å². The first-order valence-corrected chi connectivity index (χ1v) is 12.8. The molecule has 0 aliphatic heterocycles. The number of esters is 1. The van der Waals surface area contributed by atoms with Crippen LogP contribution in [0.3, 0.4) is 0 Å². The van der Waals surface area contributed by atoms with Crippen molar-refractivity contribution in [1.29, 1.82) is 0 Å². The molecule has 0 unspecified atom stereocenters. The van der Waals surface area contributed by atoms with E-state index in [-0.39, 0.29) is 31.3 Å². The Balaban J connectivity index is 1.72. The minimum Gasteiger partial charge on any atom is -0.482 e. The second-order valence-electron chi connectivity index (χ2n) is 9.56. The molecule has 1 aromatic carbocycles. The van der Waals surface area contributed by atoms with E-state index < -0.39 is 12.1 Å². The number of carbonyl (C=O) groups excluding carboxylic acids is 2. The van der Waals surface area contributed by atoms with E-state index in [2.05, 4.69) is 13.0 Å². The van der Waals surface area contributed by atoms with E-state index in [0.717, 1.165) is 69.1 Å². The molecule has 0 radical (unpaired) electrons. The van der Waals surface area contributed by atoms with Crippen LogP contribution >= 0.6 is 0 Å². The van der Waals surface area contributed by atoms with Gasteiger partial charge >= 0.3 is 12.1 Å². The molecule has 0 heterocycles. The molecule has 0 amide bonds. The van der Waals surface area contributed by atoms with Crippen molar-refractivity contribution in [3.05, 3.63) is 29.3 Å². The van der Waals surface area contributed by atoms with Gasteiger partial charge in [-0.15, -0.1) is 0 Å². The maximum absolute atomic E-state index is 12.2. The molecule has 1 N–H and O–H groups in total. The Labute approximate surface area is 203 Å². The third kappa shape index (κ3) is 6.87. The van der Waals surface area contributed by atoms with Crippen LogP contribution in [0.1, 0.15) is 69.9 Å². The third-order valence-corrected chi connectivity index (χ3v) is 7.38. The lowest BCUT2D eigenvalue weighted by Crippen LogP contribution is -2.30. The van der Waals surface area contributed by atoms with Gasteiger partial charge in [-0.3, -0.25) is 0 Å². The molecule has 1 saturated carbocycles. The maximum Gasteiger partial charge on any atom is 0.508 e. The van der Waals surface area contributed by atoms with Gasteiger partial charge in [0, 0.05) is 0 Å². The van der Waals surface area contributed by atoms with Gasteiger partial charge < -0.3 is 24.1 Å². The van der Waals surface area contributed by atoms with Crippen molar-refractivity contribution in [2.45, 2.75) is 83.8 Å². The summed E-state index contributed by atoms with van der Waals surface area (Å²) in [7, 11) is 1.35. The maximum atomic E-state index is 12.2. The van der Waals surface area contributed by atoms with Gasteiger partial charge in [0.2, 0.25) is 0 Å². The number of hydrogen-bond donors (Lipinski definition) is 1. The number of aliphatic hydroxyl groups excluding tert-OH is 1. The highest BCUT2D eigenvalue weighted by Gasteiger charge is 2.47. The Morgan fingerprint density at radius 2 is 1.97 bits per heavy atom. The molecule has 5 atom stereocenters. The van der Waals surface area contributed by atoms with Crippen molar-refractivity contribution in [3.63, 3.8) is 0 Å². The zero-order valence-electron chi connectivity index (χ0n) is 20.8. The Morgan fingerprint density at radius 3 is 2.71 bits per heavy atom. The van der Waals surface area contributed by atoms with E-state index in [4.69, 9.17) is 18.9 Å². The van der Waals surface area contributed by atoms with Crippen molar-refractivity contribution in [3.8, 4) is 5.75 Å². The van der Waals surface area contributed by atoms with Crippen LogP contribution in [0.15, 0.2) is 18.2 Å². The highest BCUT2D eigenvalue weighted by atomic mass is 16.7. The number of fused-ring (bicyclic) bond motifs is 2. The number of carbonyl (C=O) groups is 2. The number of hydrogen-bond acceptors (Lipinski definition) is 7. The minimum atomic E-state index is -0.612.